The summed E-state index contributed by atoms with van der Waals surface area (Å²) in [6.45, 7) is 2.60. The van der Waals surface area contributed by atoms with Gasteiger partial charge >= 0.3 is 0 Å². The lowest BCUT2D eigenvalue weighted by Gasteiger charge is -2.19. The van der Waals surface area contributed by atoms with Crippen LogP contribution in [0.1, 0.15) is 21.5 Å². The molecule has 0 aromatic heterocycles. The van der Waals surface area contributed by atoms with Crippen molar-refractivity contribution in [1.82, 2.24) is 5.32 Å². The van der Waals surface area contributed by atoms with Gasteiger partial charge in [-0.25, -0.2) is 0 Å². The number of nitrogens with zero attached hydrogens (tertiary/aromatic N) is 1. The highest BCUT2D eigenvalue weighted by molar-refractivity contribution is 7.99. The van der Waals surface area contributed by atoms with Gasteiger partial charge in [-0.1, -0.05) is 48.5 Å². The number of fused-ring (bicyclic) bond motifs is 1. The van der Waals surface area contributed by atoms with Crippen LogP contribution >= 0.6 is 11.8 Å². The molecule has 0 unspecified atom stereocenters. The van der Waals surface area contributed by atoms with Crippen LogP contribution in [0.15, 0.2) is 83.8 Å². The van der Waals surface area contributed by atoms with Crippen LogP contribution in [-0.4, -0.2) is 24.7 Å². The van der Waals surface area contributed by atoms with E-state index < -0.39 is 0 Å². The number of rotatable bonds is 7. The Kier molecular flexibility index (Phi) is 5.98. The van der Waals surface area contributed by atoms with Gasteiger partial charge in [-0.3, -0.25) is 4.79 Å². The minimum Gasteiger partial charge on any atom is -0.367 e. The predicted octanol–water partition coefficient (Wildman–Crippen LogP) is 4.77. The maximum absolute atomic E-state index is 12.3. The maximum atomic E-state index is 12.3. The molecule has 0 radical (unpaired) electrons. The Morgan fingerprint density at radius 3 is 2.50 bits per heavy atom. The molecule has 0 bridgehead atoms. The molecule has 0 saturated carbocycles. The number of nitrogens with one attached hydrogen (secondary N) is 1. The molecule has 0 saturated heterocycles. The van der Waals surface area contributed by atoms with Crippen molar-refractivity contribution in [2.75, 3.05) is 23.7 Å². The van der Waals surface area contributed by atoms with Crippen molar-refractivity contribution >= 4 is 23.4 Å². The highest BCUT2D eigenvalue weighted by Gasteiger charge is 2.18. The second kappa shape index (κ2) is 8.98. The standard InChI is InChI=1S/C24H24N2OS/c27-24(25-15-17-28-22-7-2-1-3-8-22)21-12-10-19(11-13-21)18-26-16-14-20-6-4-5-9-23(20)26/h1-13H,14-18H2,(H,25,27). The van der Waals surface area contributed by atoms with Crippen molar-refractivity contribution in [1.29, 1.82) is 0 Å². The molecular weight excluding hydrogens is 364 g/mol. The molecule has 1 N–H and O–H groups in total. The Labute approximate surface area is 170 Å². The van der Waals surface area contributed by atoms with E-state index in [9.17, 15) is 4.79 Å². The molecular formula is C24H24N2OS. The van der Waals surface area contributed by atoms with Crippen molar-refractivity contribution in [2.24, 2.45) is 0 Å². The lowest BCUT2D eigenvalue weighted by molar-refractivity contribution is 0.0956. The summed E-state index contributed by atoms with van der Waals surface area (Å²) in [4.78, 5) is 16.0. The Balaban J connectivity index is 1.26. The number of para-hydroxylation sites is 1. The van der Waals surface area contributed by atoms with Gasteiger partial charge in [-0.05, 0) is 47.9 Å². The van der Waals surface area contributed by atoms with E-state index >= 15 is 0 Å². The fraction of sp³-hybridized carbons (Fsp3) is 0.208. The zero-order chi connectivity index (χ0) is 19.2. The van der Waals surface area contributed by atoms with E-state index in [0.717, 1.165) is 30.8 Å². The van der Waals surface area contributed by atoms with E-state index in [1.807, 2.05) is 30.3 Å². The minimum atomic E-state index is -0.00766. The largest absolute Gasteiger partial charge is 0.367 e. The first kappa shape index (κ1) is 18.6. The monoisotopic (exact) mass is 388 g/mol. The summed E-state index contributed by atoms with van der Waals surface area (Å²) in [5.41, 5.74) is 4.70. The van der Waals surface area contributed by atoms with Gasteiger partial charge in [0.1, 0.15) is 0 Å². The number of amides is 1. The molecule has 4 rings (SSSR count). The molecule has 0 aliphatic carbocycles. The molecule has 142 valence electrons. The SMILES string of the molecule is O=C(NCCSc1ccccc1)c1ccc(CN2CCc3ccccc32)cc1. The summed E-state index contributed by atoms with van der Waals surface area (Å²) in [7, 11) is 0. The maximum Gasteiger partial charge on any atom is 0.251 e. The summed E-state index contributed by atoms with van der Waals surface area (Å²) >= 11 is 1.75. The third-order valence-electron chi connectivity index (χ3n) is 4.97. The van der Waals surface area contributed by atoms with E-state index in [4.69, 9.17) is 0 Å². The average molecular weight is 389 g/mol. The van der Waals surface area contributed by atoms with E-state index in [2.05, 4.69) is 58.7 Å². The second-order valence-corrected chi connectivity index (χ2v) is 8.08. The summed E-state index contributed by atoms with van der Waals surface area (Å²) in [5.74, 6) is 0.856. The first-order chi connectivity index (χ1) is 13.8. The van der Waals surface area contributed by atoms with Crippen LogP contribution in [-0.2, 0) is 13.0 Å². The fourth-order valence-corrected chi connectivity index (χ4v) is 4.29. The van der Waals surface area contributed by atoms with Crippen LogP contribution in [0.2, 0.25) is 0 Å². The van der Waals surface area contributed by atoms with E-state index in [0.29, 0.717) is 6.54 Å². The van der Waals surface area contributed by atoms with Gasteiger partial charge in [0.25, 0.3) is 5.91 Å². The van der Waals surface area contributed by atoms with Gasteiger partial charge in [-0.15, -0.1) is 11.8 Å². The van der Waals surface area contributed by atoms with Gasteiger partial charge in [0.05, 0.1) is 0 Å². The minimum absolute atomic E-state index is 0.00766. The normalized spacial score (nSPS) is 12.6. The van der Waals surface area contributed by atoms with Crippen LogP contribution in [0.3, 0.4) is 0 Å². The predicted molar refractivity (Wildman–Crippen MR) is 117 cm³/mol. The third-order valence-corrected chi connectivity index (χ3v) is 5.99. The van der Waals surface area contributed by atoms with Crippen LogP contribution in [0.4, 0.5) is 5.69 Å². The summed E-state index contributed by atoms with van der Waals surface area (Å²) in [6.07, 6.45) is 1.11. The number of benzene rings is 3. The number of carbonyl (C=O) groups is 1. The number of anilines is 1. The summed E-state index contributed by atoms with van der Waals surface area (Å²) < 4.78 is 0. The van der Waals surface area contributed by atoms with Gasteiger partial charge in [0, 0.05) is 41.5 Å². The van der Waals surface area contributed by atoms with Crippen molar-refractivity contribution in [2.45, 2.75) is 17.9 Å². The number of thioether (sulfide) groups is 1. The quantitative estimate of drug-likeness (QED) is 0.467. The van der Waals surface area contributed by atoms with Gasteiger partial charge in [-0.2, -0.15) is 0 Å². The van der Waals surface area contributed by atoms with Crippen LogP contribution in [0.25, 0.3) is 0 Å². The van der Waals surface area contributed by atoms with Crippen molar-refractivity contribution in [3.63, 3.8) is 0 Å². The molecule has 3 aromatic carbocycles. The van der Waals surface area contributed by atoms with Crippen LogP contribution in [0, 0.1) is 0 Å². The van der Waals surface area contributed by atoms with Gasteiger partial charge < -0.3 is 10.2 Å². The van der Waals surface area contributed by atoms with Crippen molar-refractivity contribution < 1.29 is 4.79 Å². The molecule has 3 nitrogen and oxygen atoms in total. The molecule has 3 aromatic rings. The highest BCUT2D eigenvalue weighted by Crippen LogP contribution is 2.28. The Morgan fingerprint density at radius 1 is 0.929 bits per heavy atom. The number of hydrogen-bond donors (Lipinski definition) is 1. The van der Waals surface area contributed by atoms with Crippen LogP contribution in [0.5, 0.6) is 0 Å². The number of carbonyl (C=O) groups excluding carboxylic acids is 1. The molecule has 1 aliphatic heterocycles. The highest BCUT2D eigenvalue weighted by atomic mass is 32.2. The fourth-order valence-electron chi connectivity index (χ4n) is 3.50. The van der Waals surface area contributed by atoms with Gasteiger partial charge in [0.2, 0.25) is 0 Å². The molecule has 4 heteroatoms. The zero-order valence-corrected chi connectivity index (χ0v) is 16.6. The van der Waals surface area contributed by atoms with Gasteiger partial charge in [0.15, 0.2) is 0 Å². The zero-order valence-electron chi connectivity index (χ0n) is 15.8. The Morgan fingerprint density at radius 2 is 1.68 bits per heavy atom. The molecule has 0 atom stereocenters. The second-order valence-electron chi connectivity index (χ2n) is 6.91. The third kappa shape index (κ3) is 4.57. The molecule has 0 spiro atoms. The van der Waals surface area contributed by atoms with Crippen molar-refractivity contribution in [3.05, 3.63) is 95.6 Å². The smallest absolute Gasteiger partial charge is 0.251 e. The first-order valence-corrected chi connectivity index (χ1v) is 10.7. The molecule has 28 heavy (non-hydrogen) atoms. The van der Waals surface area contributed by atoms with E-state index in [1.165, 1.54) is 21.7 Å². The lowest BCUT2D eigenvalue weighted by Crippen LogP contribution is -2.25. The summed E-state index contributed by atoms with van der Waals surface area (Å²) in [6, 6.07) is 26.8. The molecule has 1 amide bonds. The average Bonchev–Trinajstić information content (AvgIpc) is 3.15. The molecule has 0 fully saturated rings. The summed E-state index contributed by atoms with van der Waals surface area (Å²) in [5, 5.41) is 3.00. The molecule has 1 heterocycles. The number of hydrogen-bond acceptors (Lipinski definition) is 3. The van der Waals surface area contributed by atoms with Crippen molar-refractivity contribution in [3.8, 4) is 0 Å². The Hall–Kier alpha value is -2.72. The van der Waals surface area contributed by atoms with Crippen LogP contribution < -0.4 is 10.2 Å². The lowest BCUT2D eigenvalue weighted by atomic mass is 10.1. The first-order valence-electron chi connectivity index (χ1n) is 9.67. The topological polar surface area (TPSA) is 32.3 Å². The van der Waals surface area contributed by atoms with E-state index in [-0.39, 0.29) is 5.91 Å². The molecule has 1 aliphatic rings. The Bertz CT molecular complexity index is 925. The van der Waals surface area contributed by atoms with E-state index in [1.54, 1.807) is 11.8 Å².